The largest absolute Gasteiger partial charge is 0.442 e. The van der Waals surface area contributed by atoms with Crippen LogP contribution in [0.2, 0.25) is 0 Å². The van der Waals surface area contributed by atoms with Crippen molar-refractivity contribution in [3.05, 3.63) is 0 Å². The summed E-state index contributed by atoms with van der Waals surface area (Å²) in [5, 5.41) is 0. The molecule has 0 heterocycles. The van der Waals surface area contributed by atoms with E-state index >= 15 is 0 Å². The second kappa shape index (κ2) is 5.30. The molecule has 0 N–H and O–H groups in total. The van der Waals surface area contributed by atoms with Gasteiger partial charge in [-0.05, 0) is 18.2 Å². The lowest BCUT2D eigenvalue weighted by molar-refractivity contribution is -0.0329. The molecule has 0 spiro atoms. The summed E-state index contributed by atoms with van der Waals surface area (Å²) < 4.78 is 34.5. The number of rotatable bonds is 4. The van der Waals surface area contributed by atoms with E-state index in [0.29, 0.717) is 6.42 Å². The van der Waals surface area contributed by atoms with E-state index in [1.807, 2.05) is 6.92 Å². The second-order valence-corrected chi connectivity index (χ2v) is 5.09. The zero-order valence-corrected chi connectivity index (χ0v) is 8.52. The molecule has 0 aliphatic heterocycles. The van der Waals surface area contributed by atoms with Crippen LogP contribution in [-0.2, 0) is 0 Å². The number of alkyl halides is 4. The fourth-order valence-corrected chi connectivity index (χ4v) is 2.10. The molecule has 68 valence electrons. The maximum absolute atomic E-state index is 11.7. The number of hydrogen-bond acceptors (Lipinski definition) is 1. The first kappa shape index (κ1) is 11.6. The van der Waals surface area contributed by atoms with Crippen molar-refractivity contribution in [3.8, 4) is 0 Å². The van der Waals surface area contributed by atoms with E-state index in [-0.39, 0.29) is 11.8 Å². The lowest BCUT2D eigenvalue weighted by atomic mass is 10.3. The van der Waals surface area contributed by atoms with Crippen molar-refractivity contribution < 1.29 is 13.2 Å². The summed E-state index contributed by atoms with van der Waals surface area (Å²) in [6, 6.07) is 0. The van der Waals surface area contributed by atoms with Crippen molar-refractivity contribution in [3.63, 3.8) is 0 Å². The van der Waals surface area contributed by atoms with Gasteiger partial charge in [-0.25, -0.2) is 0 Å². The second-order valence-electron chi connectivity index (χ2n) is 2.12. The Labute approximate surface area is 77.1 Å². The molecule has 0 saturated heterocycles. The standard InChI is InChI=1S/C6H10BrF3S/c1-2-3-4-5(7)11-6(8,9)10/h5H,2-4H2,1H3. The Kier molecular flexibility index (Phi) is 5.60. The van der Waals surface area contributed by atoms with Gasteiger partial charge in [0.1, 0.15) is 0 Å². The molecule has 5 heteroatoms. The Balaban J connectivity index is 3.44. The van der Waals surface area contributed by atoms with E-state index in [0.717, 1.165) is 12.8 Å². The van der Waals surface area contributed by atoms with Gasteiger partial charge in [0.25, 0.3) is 0 Å². The molecule has 11 heavy (non-hydrogen) atoms. The van der Waals surface area contributed by atoms with Gasteiger partial charge in [0.2, 0.25) is 0 Å². The van der Waals surface area contributed by atoms with Crippen LogP contribution in [0.1, 0.15) is 26.2 Å². The molecule has 0 nitrogen and oxygen atoms in total. The third-order valence-corrected chi connectivity index (χ3v) is 2.82. The van der Waals surface area contributed by atoms with Crippen molar-refractivity contribution in [1.29, 1.82) is 0 Å². The molecule has 0 aromatic heterocycles. The maximum atomic E-state index is 11.7. The lowest BCUT2D eigenvalue weighted by Gasteiger charge is -2.10. The third kappa shape index (κ3) is 8.53. The van der Waals surface area contributed by atoms with Crippen molar-refractivity contribution in [1.82, 2.24) is 0 Å². The average molecular weight is 251 g/mol. The zero-order chi connectivity index (χ0) is 8.91. The van der Waals surface area contributed by atoms with E-state index in [2.05, 4.69) is 15.9 Å². The molecule has 0 aromatic carbocycles. The fraction of sp³-hybridized carbons (Fsp3) is 1.00. The topological polar surface area (TPSA) is 0 Å². The molecule has 0 aliphatic carbocycles. The van der Waals surface area contributed by atoms with E-state index in [4.69, 9.17) is 0 Å². The first-order chi connectivity index (χ1) is 4.95. The molecule has 0 amide bonds. The molecule has 0 rings (SSSR count). The molecule has 0 aromatic rings. The van der Waals surface area contributed by atoms with E-state index in [1.165, 1.54) is 0 Å². The van der Waals surface area contributed by atoms with Crippen molar-refractivity contribution in [2.75, 3.05) is 0 Å². The average Bonchev–Trinajstić information content (AvgIpc) is 1.79. The summed E-state index contributed by atoms with van der Waals surface area (Å²) in [5.41, 5.74) is -4.11. The molecular formula is C6H10BrF3S. The summed E-state index contributed by atoms with van der Waals surface area (Å²) in [6.45, 7) is 1.96. The van der Waals surface area contributed by atoms with Crippen molar-refractivity contribution in [2.24, 2.45) is 0 Å². The van der Waals surface area contributed by atoms with Crippen LogP contribution in [0.3, 0.4) is 0 Å². The minimum absolute atomic E-state index is 0.0133. The van der Waals surface area contributed by atoms with Crippen LogP contribution in [0, 0.1) is 0 Å². The van der Waals surface area contributed by atoms with E-state index < -0.39 is 9.67 Å². The van der Waals surface area contributed by atoms with Gasteiger partial charge >= 0.3 is 5.51 Å². The van der Waals surface area contributed by atoms with Crippen molar-refractivity contribution in [2.45, 2.75) is 35.9 Å². The highest BCUT2D eigenvalue weighted by atomic mass is 79.9. The number of hydrogen-bond donors (Lipinski definition) is 0. The molecule has 1 unspecified atom stereocenters. The van der Waals surface area contributed by atoms with Gasteiger partial charge in [0, 0.05) is 0 Å². The Morgan fingerprint density at radius 1 is 1.45 bits per heavy atom. The summed E-state index contributed by atoms with van der Waals surface area (Å²) in [5.74, 6) is 0. The van der Waals surface area contributed by atoms with Crippen LogP contribution in [0.4, 0.5) is 13.2 Å². The van der Waals surface area contributed by atoms with Crippen LogP contribution in [-0.4, -0.2) is 9.67 Å². The van der Waals surface area contributed by atoms with Gasteiger partial charge in [-0.1, -0.05) is 35.7 Å². The first-order valence-corrected chi connectivity index (χ1v) is 5.14. The zero-order valence-electron chi connectivity index (χ0n) is 6.12. The maximum Gasteiger partial charge on any atom is 0.442 e. The van der Waals surface area contributed by atoms with Gasteiger partial charge in [-0.3, -0.25) is 0 Å². The quantitative estimate of drug-likeness (QED) is 0.676. The monoisotopic (exact) mass is 250 g/mol. The van der Waals surface area contributed by atoms with Crippen LogP contribution in [0.15, 0.2) is 0 Å². The Morgan fingerprint density at radius 2 is 2.00 bits per heavy atom. The number of unbranched alkanes of at least 4 members (excludes halogenated alkanes) is 1. The summed E-state index contributed by atoms with van der Waals surface area (Å²) >= 11 is 2.97. The molecule has 0 radical (unpaired) electrons. The number of thioether (sulfide) groups is 1. The summed E-state index contributed by atoms with van der Waals surface area (Å²) in [4.78, 5) is 0. The third-order valence-electron chi connectivity index (χ3n) is 1.05. The molecule has 0 bridgehead atoms. The van der Waals surface area contributed by atoms with E-state index in [1.54, 1.807) is 0 Å². The van der Waals surface area contributed by atoms with Gasteiger partial charge in [0.15, 0.2) is 0 Å². The van der Waals surface area contributed by atoms with Gasteiger partial charge < -0.3 is 0 Å². The first-order valence-electron chi connectivity index (χ1n) is 3.34. The Bertz CT molecular complexity index is 104. The Morgan fingerprint density at radius 3 is 2.36 bits per heavy atom. The molecular weight excluding hydrogens is 241 g/mol. The Hall–Kier alpha value is 0.620. The van der Waals surface area contributed by atoms with Crippen LogP contribution in [0.5, 0.6) is 0 Å². The van der Waals surface area contributed by atoms with Gasteiger partial charge in [-0.15, -0.1) is 0 Å². The van der Waals surface area contributed by atoms with E-state index in [9.17, 15) is 13.2 Å². The molecule has 0 saturated carbocycles. The lowest BCUT2D eigenvalue weighted by Crippen LogP contribution is -2.05. The predicted molar refractivity (Wildman–Crippen MR) is 45.9 cm³/mol. The van der Waals surface area contributed by atoms with Crippen molar-refractivity contribution >= 4 is 27.7 Å². The summed E-state index contributed by atoms with van der Waals surface area (Å²) in [6.07, 6.45) is 2.33. The molecule has 1 atom stereocenters. The SMILES string of the molecule is CCCCC(Br)SC(F)(F)F. The smallest absolute Gasteiger partial charge is 0.160 e. The highest BCUT2D eigenvalue weighted by Crippen LogP contribution is 2.38. The van der Waals surface area contributed by atoms with Gasteiger partial charge in [-0.2, -0.15) is 13.2 Å². The minimum atomic E-state index is -4.11. The predicted octanol–water partition coefficient (Wildman–Crippen LogP) is 4.15. The minimum Gasteiger partial charge on any atom is -0.160 e. The highest BCUT2D eigenvalue weighted by molar-refractivity contribution is 9.11. The fourth-order valence-electron chi connectivity index (χ4n) is 0.569. The summed E-state index contributed by atoms with van der Waals surface area (Å²) in [7, 11) is 0. The molecule has 0 aliphatic rings. The number of halogens is 4. The molecule has 0 fully saturated rings. The van der Waals surface area contributed by atoms with Crippen LogP contribution >= 0.6 is 27.7 Å². The van der Waals surface area contributed by atoms with Gasteiger partial charge in [0.05, 0.1) is 4.16 Å². The highest BCUT2D eigenvalue weighted by Gasteiger charge is 2.31. The van der Waals surface area contributed by atoms with Crippen LogP contribution in [0.25, 0.3) is 0 Å². The normalized spacial score (nSPS) is 15.0. The van der Waals surface area contributed by atoms with Crippen LogP contribution < -0.4 is 0 Å².